The SMILES string of the molecule is CC(C)[C@H](N)C(=O)NN1C(=O)[C@H](C)c2ccccc2-c2ccccc21. The molecule has 3 rings (SSSR count). The van der Waals surface area contributed by atoms with Gasteiger partial charge in [-0.25, -0.2) is 5.01 Å². The van der Waals surface area contributed by atoms with Crippen LogP contribution < -0.4 is 16.2 Å². The van der Waals surface area contributed by atoms with Crippen molar-refractivity contribution >= 4 is 17.5 Å². The monoisotopic (exact) mass is 337 g/mol. The molecule has 0 fully saturated rings. The van der Waals surface area contributed by atoms with Crippen LogP contribution in [0.15, 0.2) is 48.5 Å². The van der Waals surface area contributed by atoms with Crippen molar-refractivity contribution in [3.8, 4) is 11.1 Å². The number of carbonyl (C=O) groups is 2. The summed E-state index contributed by atoms with van der Waals surface area (Å²) in [4.78, 5) is 25.5. The summed E-state index contributed by atoms with van der Waals surface area (Å²) >= 11 is 0. The number of hydrogen-bond donors (Lipinski definition) is 2. The molecule has 0 bridgehead atoms. The maximum absolute atomic E-state index is 13.1. The summed E-state index contributed by atoms with van der Waals surface area (Å²) in [5.74, 6) is -0.941. The van der Waals surface area contributed by atoms with E-state index < -0.39 is 6.04 Å². The van der Waals surface area contributed by atoms with Gasteiger partial charge in [-0.1, -0.05) is 56.3 Å². The van der Waals surface area contributed by atoms with E-state index in [2.05, 4.69) is 5.43 Å². The lowest BCUT2D eigenvalue weighted by Crippen LogP contribution is -2.54. The number of rotatable bonds is 3. The standard InChI is InChI=1S/C20H23N3O2/c1-12(2)18(21)19(24)22-23-17-11-7-6-10-16(17)15-9-5-4-8-14(15)13(3)20(23)25/h4-13,18H,21H2,1-3H3,(H,22,24)/t13-,18+/m1/s1. The first-order valence-corrected chi connectivity index (χ1v) is 8.50. The molecule has 5 nitrogen and oxygen atoms in total. The topological polar surface area (TPSA) is 75.4 Å². The molecule has 130 valence electrons. The van der Waals surface area contributed by atoms with Crippen LogP contribution in [-0.4, -0.2) is 17.9 Å². The smallest absolute Gasteiger partial charge is 0.256 e. The molecule has 0 saturated heterocycles. The average Bonchev–Trinajstić information content (AvgIpc) is 2.71. The molecule has 3 N–H and O–H groups in total. The number of nitrogens with one attached hydrogen (secondary N) is 1. The van der Waals surface area contributed by atoms with E-state index in [1.54, 1.807) is 0 Å². The third kappa shape index (κ3) is 3.03. The van der Waals surface area contributed by atoms with Crippen molar-refractivity contribution in [2.75, 3.05) is 5.01 Å². The first kappa shape index (κ1) is 17.2. The summed E-state index contributed by atoms with van der Waals surface area (Å²) in [6.07, 6.45) is 0. The molecule has 25 heavy (non-hydrogen) atoms. The summed E-state index contributed by atoms with van der Waals surface area (Å²) < 4.78 is 0. The number of nitrogens with zero attached hydrogens (tertiary/aromatic N) is 1. The van der Waals surface area contributed by atoms with Gasteiger partial charge in [-0.05, 0) is 30.0 Å². The number of para-hydroxylation sites is 1. The Bertz CT molecular complexity index is 816. The lowest BCUT2D eigenvalue weighted by molar-refractivity contribution is -0.127. The Labute approximate surface area is 147 Å². The quantitative estimate of drug-likeness (QED) is 0.904. The minimum atomic E-state index is -0.680. The minimum absolute atomic E-state index is 0.0213. The van der Waals surface area contributed by atoms with Crippen LogP contribution in [0, 0.1) is 5.92 Å². The molecule has 2 aromatic rings. The van der Waals surface area contributed by atoms with Crippen molar-refractivity contribution in [2.24, 2.45) is 11.7 Å². The number of fused-ring (bicyclic) bond motifs is 3. The summed E-state index contributed by atoms with van der Waals surface area (Å²) in [6.45, 7) is 5.61. The van der Waals surface area contributed by atoms with E-state index in [-0.39, 0.29) is 23.7 Å². The number of hydrazine groups is 1. The highest BCUT2D eigenvalue weighted by Gasteiger charge is 2.33. The van der Waals surface area contributed by atoms with Gasteiger partial charge in [-0.2, -0.15) is 0 Å². The molecule has 1 heterocycles. The van der Waals surface area contributed by atoms with Crippen molar-refractivity contribution in [1.29, 1.82) is 0 Å². The van der Waals surface area contributed by atoms with Gasteiger partial charge >= 0.3 is 0 Å². The molecular weight excluding hydrogens is 314 g/mol. The Morgan fingerprint density at radius 2 is 1.68 bits per heavy atom. The van der Waals surface area contributed by atoms with Crippen LogP contribution in [0.4, 0.5) is 5.69 Å². The number of carbonyl (C=O) groups excluding carboxylic acids is 2. The summed E-state index contributed by atoms with van der Waals surface area (Å²) in [5.41, 5.74) is 12.2. The fraction of sp³-hybridized carbons (Fsp3) is 0.300. The zero-order chi connectivity index (χ0) is 18.1. The van der Waals surface area contributed by atoms with E-state index in [0.29, 0.717) is 5.69 Å². The molecule has 2 atom stereocenters. The highest BCUT2D eigenvalue weighted by atomic mass is 16.2. The van der Waals surface area contributed by atoms with Crippen LogP contribution in [0.2, 0.25) is 0 Å². The number of amides is 2. The van der Waals surface area contributed by atoms with Crippen molar-refractivity contribution in [3.05, 3.63) is 54.1 Å². The van der Waals surface area contributed by atoms with E-state index in [1.807, 2.05) is 69.3 Å². The molecule has 0 spiro atoms. The Morgan fingerprint density at radius 1 is 1.08 bits per heavy atom. The Hall–Kier alpha value is -2.66. The second-order valence-corrected chi connectivity index (χ2v) is 6.75. The average molecular weight is 337 g/mol. The zero-order valence-corrected chi connectivity index (χ0v) is 14.7. The van der Waals surface area contributed by atoms with Gasteiger partial charge in [0.15, 0.2) is 0 Å². The van der Waals surface area contributed by atoms with Crippen LogP contribution in [0.25, 0.3) is 11.1 Å². The fourth-order valence-corrected chi connectivity index (χ4v) is 3.06. The maximum Gasteiger partial charge on any atom is 0.256 e. The first-order valence-electron chi connectivity index (χ1n) is 8.50. The lowest BCUT2D eigenvalue weighted by atomic mass is 9.92. The molecule has 0 unspecified atom stereocenters. The molecule has 2 aromatic carbocycles. The Morgan fingerprint density at radius 3 is 2.36 bits per heavy atom. The number of hydrogen-bond acceptors (Lipinski definition) is 3. The number of nitrogens with two attached hydrogens (primary N) is 1. The molecule has 0 aromatic heterocycles. The maximum atomic E-state index is 13.1. The summed E-state index contributed by atoms with van der Waals surface area (Å²) in [6, 6.07) is 14.7. The van der Waals surface area contributed by atoms with Crippen LogP contribution >= 0.6 is 0 Å². The predicted octanol–water partition coefficient (Wildman–Crippen LogP) is 2.82. The molecule has 0 radical (unpaired) electrons. The van der Waals surface area contributed by atoms with Crippen LogP contribution in [0.1, 0.15) is 32.3 Å². The van der Waals surface area contributed by atoms with Gasteiger partial charge < -0.3 is 5.73 Å². The molecule has 0 aliphatic carbocycles. The van der Waals surface area contributed by atoms with E-state index in [1.165, 1.54) is 5.01 Å². The highest BCUT2D eigenvalue weighted by Crippen LogP contribution is 2.39. The van der Waals surface area contributed by atoms with Gasteiger partial charge in [0, 0.05) is 5.56 Å². The van der Waals surface area contributed by atoms with Crippen molar-refractivity contribution in [3.63, 3.8) is 0 Å². The van der Waals surface area contributed by atoms with Crippen molar-refractivity contribution < 1.29 is 9.59 Å². The van der Waals surface area contributed by atoms with Gasteiger partial charge in [-0.15, -0.1) is 0 Å². The second-order valence-electron chi connectivity index (χ2n) is 6.75. The van der Waals surface area contributed by atoms with Crippen LogP contribution in [0.5, 0.6) is 0 Å². The lowest BCUT2D eigenvalue weighted by Gasteiger charge is -2.27. The minimum Gasteiger partial charge on any atom is -0.320 e. The molecule has 0 saturated carbocycles. The third-order valence-electron chi connectivity index (χ3n) is 4.70. The number of benzene rings is 2. The molecule has 2 amide bonds. The normalized spacial score (nSPS) is 17.6. The van der Waals surface area contributed by atoms with Gasteiger partial charge in [0.1, 0.15) is 0 Å². The predicted molar refractivity (Wildman–Crippen MR) is 98.7 cm³/mol. The van der Waals surface area contributed by atoms with E-state index in [0.717, 1.165) is 16.7 Å². The largest absolute Gasteiger partial charge is 0.320 e. The van der Waals surface area contributed by atoms with E-state index in [4.69, 9.17) is 5.73 Å². The Balaban J connectivity index is 2.09. The summed E-state index contributed by atoms with van der Waals surface area (Å²) in [7, 11) is 0. The third-order valence-corrected chi connectivity index (χ3v) is 4.70. The molecule has 1 aliphatic rings. The first-order chi connectivity index (χ1) is 11.9. The van der Waals surface area contributed by atoms with Gasteiger partial charge in [0.05, 0.1) is 17.6 Å². The number of anilines is 1. The zero-order valence-electron chi connectivity index (χ0n) is 14.7. The van der Waals surface area contributed by atoms with Crippen LogP contribution in [0.3, 0.4) is 0 Å². The molecular formula is C20H23N3O2. The van der Waals surface area contributed by atoms with Crippen molar-refractivity contribution in [1.82, 2.24) is 5.43 Å². The van der Waals surface area contributed by atoms with Gasteiger partial charge in [-0.3, -0.25) is 15.0 Å². The molecule has 5 heteroatoms. The van der Waals surface area contributed by atoms with Crippen molar-refractivity contribution in [2.45, 2.75) is 32.7 Å². The fourth-order valence-electron chi connectivity index (χ4n) is 3.06. The van der Waals surface area contributed by atoms with E-state index >= 15 is 0 Å². The van der Waals surface area contributed by atoms with E-state index in [9.17, 15) is 9.59 Å². The summed E-state index contributed by atoms with van der Waals surface area (Å²) in [5, 5.41) is 1.35. The molecule has 1 aliphatic heterocycles. The Kier molecular flexibility index (Phi) is 4.59. The van der Waals surface area contributed by atoms with Crippen LogP contribution in [-0.2, 0) is 9.59 Å². The second kappa shape index (κ2) is 6.69. The highest BCUT2D eigenvalue weighted by molar-refractivity contribution is 6.06. The van der Waals surface area contributed by atoms with Gasteiger partial charge in [0.2, 0.25) is 0 Å². The van der Waals surface area contributed by atoms with Gasteiger partial charge in [0.25, 0.3) is 11.8 Å².